The van der Waals surface area contributed by atoms with Gasteiger partial charge in [0.05, 0.1) is 5.56 Å². The van der Waals surface area contributed by atoms with Gasteiger partial charge in [0.25, 0.3) is 0 Å². The van der Waals surface area contributed by atoms with Crippen LogP contribution >= 0.6 is 0 Å². The lowest BCUT2D eigenvalue weighted by atomic mass is 10.0. The Morgan fingerprint density at radius 1 is 0.941 bits per heavy atom. The van der Waals surface area contributed by atoms with E-state index in [9.17, 15) is 8.78 Å². The monoisotopic (exact) mass is 233 g/mol. The standard InChI is InChI=1S/C14H11F2O/c1-17-14(15,16)13-9-7-12(8-10-13)11-5-3-2-4-6-11/h3-10H,1H3. The molecule has 0 heterocycles. The summed E-state index contributed by atoms with van der Waals surface area (Å²) in [6.07, 6.45) is -3.23. The van der Waals surface area contributed by atoms with Crippen LogP contribution in [0.15, 0.2) is 48.5 Å². The molecule has 1 radical (unpaired) electrons. The quantitative estimate of drug-likeness (QED) is 0.782. The number of ether oxygens (including phenoxy) is 1. The summed E-state index contributed by atoms with van der Waals surface area (Å²) in [6.45, 7) is 0. The highest BCUT2D eigenvalue weighted by Gasteiger charge is 2.30. The van der Waals surface area contributed by atoms with Gasteiger partial charge < -0.3 is 4.74 Å². The Morgan fingerprint density at radius 2 is 1.47 bits per heavy atom. The summed E-state index contributed by atoms with van der Waals surface area (Å²) in [5, 5.41) is 0. The molecule has 0 aromatic heterocycles. The smallest absolute Gasteiger partial charge is 0.320 e. The average Bonchev–Trinajstić information content (AvgIpc) is 2.40. The number of hydrogen-bond acceptors (Lipinski definition) is 1. The van der Waals surface area contributed by atoms with Crippen LogP contribution in [0.5, 0.6) is 0 Å². The van der Waals surface area contributed by atoms with E-state index >= 15 is 0 Å². The lowest BCUT2D eigenvalue weighted by Crippen LogP contribution is -2.15. The molecule has 0 aliphatic rings. The number of methoxy groups -OCH3 is 1. The number of hydrogen-bond donors (Lipinski definition) is 0. The third kappa shape index (κ3) is 2.50. The molecule has 0 aliphatic carbocycles. The predicted octanol–water partition coefficient (Wildman–Crippen LogP) is 3.85. The van der Waals surface area contributed by atoms with E-state index in [4.69, 9.17) is 0 Å². The van der Waals surface area contributed by atoms with E-state index in [1.165, 1.54) is 12.1 Å². The van der Waals surface area contributed by atoms with Crippen molar-refractivity contribution >= 4 is 0 Å². The summed E-state index contributed by atoms with van der Waals surface area (Å²) in [7, 11) is 0.987. The SMILES string of the molecule is COC(F)(F)c1ccc(-c2cc[c]cc2)cc1. The lowest BCUT2D eigenvalue weighted by Gasteiger charge is -2.14. The molecule has 0 bridgehead atoms. The van der Waals surface area contributed by atoms with Crippen LogP contribution < -0.4 is 0 Å². The van der Waals surface area contributed by atoms with Crippen LogP contribution in [0, 0.1) is 6.07 Å². The van der Waals surface area contributed by atoms with Gasteiger partial charge in [-0.1, -0.05) is 36.4 Å². The highest BCUT2D eigenvalue weighted by atomic mass is 19.3. The largest absolute Gasteiger partial charge is 0.383 e. The van der Waals surface area contributed by atoms with Crippen molar-refractivity contribution in [2.45, 2.75) is 6.11 Å². The van der Waals surface area contributed by atoms with Crippen LogP contribution in [-0.4, -0.2) is 7.11 Å². The van der Waals surface area contributed by atoms with E-state index in [0.29, 0.717) is 0 Å². The van der Waals surface area contributed by atoms with Gasteiger partial charge in [0, 0.05) is 7.11 Å². The maximum absolute atomic E-state index is 13.2. The van der Waals surface area contributed by atoms with E-state index < -0.39 is 6.11 Å². The summed E-state index contributed by atoms with van der Waals surface area (Å²) in [6, 6.07) is 16.3. The first-order valence-electron chi connectivity index (χ1n) is 5.13. The van der Waals surface area contributed by atoms with E-state index in [1.807, 2.05) is 12.1 Å². The van der Waals surface area contributed by atoms with Crippen molar-refractivity contribution in [1.29, 1.82) is 0 Å². The second-order valence-corrected chi connectivity index (χ2v) is 3.59. The molecule has 2 rings (SSSR count). The van der Waals surface area contributed by atoms with Crippen LogP contribution in [-0.2, 0) is 10.8 Å². The Balaban J connectivity index is 2.31. The Morgan fingerprint density at radius 3 is 2.00 bits per heavy atom. The number of benzene rings is 2. The van der Waals surface area contributed by atoms with Crippen molar-refractivity contribution in [1.82, 2.24) is 0 Å². The molecule has 1 nitrogen and oxygen atoms in total. The van der Waals surface area contributed by atoms with Gasteiger partial charge in [-0.3, -0.25) is 0 Å². The number of rotatable bonds is 3. The molecule has 0 unspecified atom stereocenters. The molecule has 0 saturated carbocycles. The molecule has 0 aliphatic heterocycles. The van der Waals surface area contributed by atoms with Gasteiger partial charge in [-0.05, 0) is 29.3 Å². The van der Waals surface area contributed by atoms with Gasteiger partial charge in [0.1, 0.15) is 0 Å². The van der Waals surface area contributed by atoms with E-state index in [1.54, 1.807) is 24.3 Å². The molecule has 87 valence electrons. The molecular weight excluding hydrogens is 222 g/mol. The maximum Gasteiger partial charge on any atom is 0.383 e. The molecule has 0 fully saturated rings. The lowest BCUT2D eigenvalue weighted by molar-refractivity contribution is -0.231. The molecule has 0 N–H and O–H groups in total. The van der Waals surface area contributed by atoms with Crippen molar-refractivity contribution < 1.29 is 13.5 Å². The van der Waals surface area contributed by atoms with Gasteiger partial charge in [-0.25, -0.2) is 0 Å². The Kier molecular flexibility index (Phi) is 3.20. The van der Waals surface area contributed by atoms with Gasteiger partial charge in [0.15, 0.2) is 0 Å². The Labute approximate surface area is 98.7 Å². The third-order valence-corrected chi connectivity index (χ3v) is 2.53. The average molecular weight is 233 g/mol. The zero-order chi connectivity index (χ0) is 12.3. The summed E-state index contributed by atoms with van der Waals surface area (Å²) < 4.78 is 30.5. The first-order chi connectivity index (χ1) is 8.13. The second kappa shape index (κ2) is 4.63. The summed E-state index contributed by atoms with van der Waals surface area (Å²) >= 11 is 0. The minimum atomic E-state index is -3.23. The zero-order valence-electron chi connectivity index (χ0n) is 9.28. The third-order valence-electron chi connectivity index (χ3n) is 2.53. The molecule has 2 aromatic rings. The van der Waals surface area contributed by atoms with Crippen molar-refractivity contribution in [2.75, 3.05) is 7.11 Å². The molecule has 17 heavy (non-hydrogen) atoms. The maximum atomic E-state index is 13.2. The van der Waals surface area contributed by atoms with Crippen molar-refractivity contribution in [3.8, 4) is 11.1 Å². The Hall–Kier alpha value is -1.74. The summed E-state index contributed by atoms with van der Waals surface area (Å²) in [5.74, 6) is 0. The van der Waals surface area contributed by atoms with E-state index in [-0.39, 0.29) is 5.56 Å². The topological polar surface area (TPSA) is 9.23 Å². The fourth-order valence-corrected chi connectivity index (χ4v) is 1.55. The molecule has 0 spiro atoms. The van der Waals surface area contributed by atoms with Gasteiger partial charge in [-0.2, -0.15) is 8.78 Å². The molecule has 2 aromatic carbocycles. The molecule has 3 heteroatoms. The van der Waals surface area contributed by atoms with Crippen LogP contribution in [0.1, 0.15) is 5.56 Å². The van der Waals surface area contributed by atoms with Crippen LogP contribution in [0.25, 0.3) is 11.1 Å². The minimum absolute atomic E-state index is 0.147. The normalized spacial score (nSPS) is 11.5. The molecule has 0 saturated heterocycles. The van der Waals surface area contributed by atoms with E-state index in [2.05, 4.69) is 10.8 Å². The van der Waals surface area contributed by atoms with Crippen molar-refractivity contribution in [2.24, 2.45) is 0 Å². The predicted molar refractivity (Wildman–Crippen MR) is 61.6 cm³/mol. The molecule has 0 atom stereocenters. The zero-order valence-corrected chi connectivity index (χ0v) is 9.28. The molecule has 0 amide bonds. The first-order valence-corrected chi connectivity index (χ1v) is 5.13. The number of alkyl halides is 2. The van der Waals surface area contributed by atoms with Gasteiger partial charge in [0.2, 0.25) is 0 Å². The first kappa shape index (κ1) is 11.7. The van der Waals surface area contributed by atoms with Crippen LogP contribution in [0.3, 0.4) is 0 Å². The fourth-order valence-electron chi connectivity index (χ4n) is 1.55. The number of halogens is 2. The van der Waals surface area contributed by atoms with Crippen LogP contribution in [0.4, 0.5) is 8.78 Å². The molecular formula is C14H11F2O. The fraction of sp³-hybridized carbons (Fsp3) is 0.143. The Bertz CT molecular complexity index is 477. The van der Waals surface area contributed by atoms with Gasteiger partial charge in [-0.15, -0.1) is 0 Å². The van der Waals surface area contributed by atoms with Gasteiger partial charge >= 0.3 is 6.11 Å². The van der Waals surface area contributed by atoms with Crippen LogP contribution in [0.2, 0.25) is 0 Å². The summed E-state index contributed by atoms with van der Waals surface area (Å²) in [5.41, 5.74) is 1.71. The van der Waals surface area contributed by atoms with Crippen molar-refractivity contribution in [3.05, 3.63) is 60.2 Å². The summed E-state index contributed by atoms with van der Waals surface area (Å²) in [4.78, 5) is 0. The van der Waals surface area contributed by atoms with E-state index in [0.717, 1.165) is 18.2 Å². The highest BCUT2D eigenvalue weighted by molar-refractivity contribution is 5.63. The highest BCUT2D eigenvalue weighted by Crippen LogP contribution is 2.30. The minimum Gasteiger partial charge on any atom is -0.320 e. The van der Waals surface area contributed by atoms with Crippen molar-refractivity contribution in [3.63, 3.8) is 0 Å². The second-order valence-electron chi connectivity index (χ2n) is 3.59.